The molecule has 1 fully saturated rings. The van der Waals surface area contributed by atoms with Gasteiger partial charge in [-0.1, -0.05) is 0 Å². The lowest BCUT2D eigenvalue weighted by molar-refractivity contribution is 0.0913. The number of nitrogens with one attached hydrogen (secondary N) is 2. The molecule has 2 aromatic heterocycles. The topological polar surface area (TPSA) is 104 Å². The fraction of sp³-hybridized carbons (Fsp3) is 0.400. The lowest BCUT2D eigenvalue weighted by atomic mass is 9.78. The molecule has 0 aromatic carbocycles. The number of nitrogen functional groups attached to an aromatic ring is 1. The van der Waals surface area contributed by atoms with Gasteiger partial charge in [-0.25, -0.2) is 4.98 Å². The molecule has 3 rings (SSSR count). The minimum atomic E-state index is -0.155. The summed E-state index contributed by atoms with van der Waals surface area (Å²) in [5, 5.41) is 4.78. The summed E-state index contributed by atoms with van der Waals surface area (Å²) < 4.78 is 0. The van der Waals surface area contributed by atoms with Gasteiger partial charge in [-0.05, 0) is 24.3 Å². The molecule has 0 aliphatic heterocycles. The van der Waals surface area contributed by atoms with Gasteiger partial charge in [0, 0.05) is 32.1 Å². The Morgan fingerprint density at radius 3 is 2.83 bits per heavy atom. The molecule has 2 heterocycles. The predicted molar refractivity (Wildman–Crippen MR) is 91.1 cm³/mol. The largest absolute Gasteiger partial charge is 0.397 e. The number of nitrogens with two attached hydrogens (primary N) is 1. The first-order chi connectivity index (χ1) is 10.9. The molecule has 122 valence electrons. The maximum absolute atomic E-state index is 12.1. The van der Waals surface area contributed by atoms with Crippen LogP contribution in [0.5, 0.6) is 0 Å². The molecular formula is C15H19N5O2S. The Labute approximate surface area is 137 Å². The average Bonchev–Trinajstić information content (AvgIpc) is 2.87. The van der Waals surface area contributed by atoms with Gasteiger partial charge in [0.05, 0.1) is 11.4 Å². The standard InChI is InChI=1S/C15H19N5O2S/c1-20(2)15-18-11(7-12(21)19-15)8-5-9(6-8)17-14(22)13-10(16)3-4-23-13/h3-4,7-9H,5-6,16H2,1-2H3,(H,17,22)(H,18,19,21). The van der Waals surface area contributed by atoms with Gasteiger partial charge in [0.25, 0.3) is 11.5 Å². The maximum atomic E-state index is 12.1. The summed E-state index contributed by atoms with van der Waals surface area (Å²) in [5.74, 6) is 0.613. The van der Waals surface area contributed by atoms with Crippen LogP contribution in [0.3, 0.4) is 0 Å². The summed E-state index contributed by atoms with van der Waals surface area (Å²) in [4.78, 5) is 33.3. The van der Waals surface area contributed by atoms with E-state index in [0.29, 0.717) is 16.5 Å². The molecule has 1 aliphatic carbocycles. The molecule has 8 heteroatoms. The highest BCUT2D eigenvalue weighted by molar-refractivity contribution is 7.12. The third-order valence-electron chi connectivity index (χ3n) is 3.97. The second-order valence-corrected chi connectivity index (χ2v) is 6.85. The third-order valence-corrected chi connectivity index (χ3v) is 4.90. The Kier molecular flexibility index (Phi) is 4.08. The van der Waals surface area contributed by atoms with E-state index in [0.717, 1.165) is 18.5 Å². The molecule has 1 amide bonds. The van der Waals surface area contributed by atoms with E-state index in [1.54, 1.807) is 16.3 Å². The van der Waals surface area contributed by atoms with Crippen molar-refractivity contribution in [3.05, 3.63) is 38.4 Å². The number of carbonyl (C=O) groups excluding carboxylic acids is 1. The number of carbonyl (C=O) groups is 1. The highest BCUT2D eigenvalue weighted by Crippen LogP contribution is 2.36. The second kappa shape index (κ2) is 6.04. The van der Waals surface area contributed by atoms with E-state index in [1.807, 2.05) is 14.1 Å². The van der Waals surface area contributed by atoms with Crippen molar-refractivity contribution in [3.63, 3.8) is 0 Å². The van der Waals surface area contributed by atoms with Crippen LogP contribution in [0.25, 0.3) is 0 Å². The van der Waals surface area contributed by atoms with Crippen molar-refractivity contribution in [2.45, 2.75) is 24.8 Å². The summed E-state index contributed by atoms with van der Waals surface area (Å²) >= 11 is 1.34. The van der Waals surface area contributed by atoms with Crippen molar-refractivity contribution in [1.29, 1.82) is 0 Å². The van der Waals surface area contributed by atoms with Crippen molar-refractivity contribution in [2.75, 3.05) is 24.7 Å². The molecule has 1 saturated carbocycles. The molecule has 0 radical (unpaired) electrons. The lowest BCUT2D eigenvalue weighted by Gasteiger charge is -2.35. The Morgan fingerprint density at radius 2 is 2.22 bits per heavy atom. The predicted octanol–water partition coefficient (Wildman–Crippen LogP) is 1.16. The number of hydrogen-bond acceptors (Lipinski definition) is 6. The van der Waals surface area contributed by atoms with E-state index >= 15 is 0 Å². The molecule has 1 aliphatic rings. The molecule has 0 spiro atoms. The van der Waals surface area contributed by atoms with Crippen molar-refractivity contribution in [2.24, 2.45) is 0 Å². The Balaban J connectivity index is 1.62. The number of aromatic amines is 1. The minimum absolute atomic E-state index is 0.0953. The molecule has 7 nitrogen and oxygen atoms in total. The summed E-state index contributed by atoms with van der Waals surface area (Å²) in [7, 11) is 3.66. The number of hydrogen-bond donors (Lipinski definition) is 3. The first-order valence-electron chi connectivity index (χ1n) is 7.36. The molecule has 23 heavy (non-hydrogen) atoms. The Bertz CT molecular complexity index is 776. The van der Waals surface area contributed by atoms with E-state index in [-0.39, 0.29) is 23.4 Å². The lowest BCUT2D eigenvalue weighted by Crippen LogP contribution is -2.43. The van der Waals surface area contributed by atoms with Crippen LogP contribution in [0, 0.1) is 0 Å². The SMILES string of the molecule is CN(C)c1nc(C2CC(NC(=O)c3sccc3N)C2)cc(=O)[nH]1. The zero-order chi connectivity index (χ0) is 16.6. The fourth-order valence-electron chi connectivity index (χ4n) is 2.62. The van der Waals surface area contributed by atoms with Gasteiger partial charge in [-0.3, -0.25) is 14.6 Å². The van der Waals surface area contributed by atoms with Gasteiger partial charge < -0.3 is 16.0 Å². The summed E-state index contributed by atoms with van der Waals surface area (Å²) in [6, 6.07) is 3.36. The second-order valence-electron chi connectivity index (χ2n) is 5.93. The first-order valence-corrected chi connectivity index (χ1v) is 8.24. The zero-order valence-electron chi connectivity index (χ0n) is 13.0. The molecule has 4 N–H and O–H groups in total. The minimum Gasteiger partial charge on any atom is -0.397 e. The quantitative estimate of drug-likeness (QED) is 0.779. The summed E-state index contributed by atoms with van der Waals surface area (Å²) in [6.45, 7) is 0. The van der Waals surface area contributed by atoms with Crippen LogP contribution >= 0.6 is 11.3 Å². The van der Waals surface area contributed by atoms with Gasteiger partial charge in [-0.2, -0.15) is 0 Å². The molecular weight excluding hydrogens is 314 g/mol. The number of anilines is 2. The average molecular weight is 333 g/mol. The van der Waals surface area contributed by atoms with E-state index in [2.05, 4.69) is 15.3 Å². The number of H-pyrrole nitrogens is 1. The Morgan fingerprint density at radius 1 is 1.48 bits per heavy atom. The van der Waals surface area contributed by atoms with E-state index < -0.39 is 0 Å². The van der Waals surface area contributed by atoms with Crippen molar-refractivity contribution < 1.29 is 4.79 Å². The fourth-order valence-corrected chi connectivity index (χ4v) is 3.34. The van der Waals surface area contributed by atoms with E-state index in [9.17, 15) is 9.59 Å². The monoisotopic (exact) mass is 333 g/mol. The molecule has 0 saturated heterocycles. The highest BCUT2D eigenvalue weighted by Gasteiger charge is 2.33. The van der Waals surface area contributed by atoms with Crippen LogP contribution in [0.2, 0.25) is 0 Å². The van der Waals surface area contributed by atoms with Crippen molar-refractivity contribution >= 4 is 28.9 Å². The molecule has 0 bridgehead atoms. The molecule has 0 unspecified atom stereocenters. The molecule has 0 atom stereocenters. The first kappa shape index (κ1) is 15.5. The maximum Gasteiger partial charge on any atom is 0.263 e. The van der Waals surface area contributed by atoms with Crippen molar-refractivity contribution in [1.82, 2.24) is 15.3 Å². The normalized spacial score (nSPS) is 19.9. The Hall–Kier alpha value is -2.35. The van der Waals surface area contributed by atoms with Gasteiger partial charge in [0.15, 0.2) is 0 Å². The number of aromatic nitrogens is 2. The smallest absolute Gasteiger partial charge is 0.263 e. The van der Waals surface area contributed by atoms with E-state index in [4.69, 9.17) is 5.73 Å². The van der Waals surface area contributed by atoms with Crippen LogP contribution < -0.4 is 21.5 Å². The number of rotatable bonds is 4. The van der Waals surface area contributed by atoms with Crippen LogP contribution in [-0.4, -0.2) is 36.0 Å². The van der Waals surface area contributed by atoms with E-state index in [1.165, 1.54) is 17.4 Å². The zero-order valence-corrected chi connectivity index (χ0v) is 13.8. The van der Waals surface area contributed by atoms with Crippen LogP contribution in [0.15, 0.2) is 22.3 Å². The third kappa shape index (κ3) is 3.21. The van der Waals surface area contributed by atoms with Gasteiger partial charge in [-0.15, -0.1) is 11.3 Å². The number of nitrogens with zero attached hydrogens (tertiary/aromatic N) is 2. The van der Waals surface area contributed by atoms with Crippen molar-refractivity contribution in [3.8, 4) is 0 Å². The van der Waals surface area contributed by atoms with Gasteiger partial charge in [0.1, 0.15) is 4.88 Å². The van der Waals surface area contributed by atoms with Crippen LogP contribution in [0.4, 0.5) is 11.6 Å². The van der Waals surface area contributed by atoms with Crippen LogP contribution in [0.1, 0.15) is 34.1 Å². The number of amides is 1. The number of thiophene rings is 1. The van der Waals surface area contributed by atoms with Gasteiger partial charge >= 0.3 is 0 Å². The summed E-state index contributed by atoms with van der Waals surface area (Å²) in [6.07, 6.45) is 1.56. The summed E-state index contributed by atoms with van der Waals surface area (Å²) in [5.41, 5.74) is 6.88. The molecule has 2 aromatic rings. The highest BCUT2D eigenvalue weighted by atomic mass is 32.1. The van der Waals surface area contributed by atoms with Crippen LogP contribution in [-0.2, 0) is 0 Å². The van der Waals surface area contributed by atoms with Gasteiger partial charge in [0.2, 0.25) is 5.95 Å².